The Morgan fingerprint density at radius 1 is 1.04 bits per heavy atom. The molecule has 0 unspecified atom stereocenters. The lowest BCUT2D eigenvalue weighted by Gasteiger charge is -2.09. The maximum atomic E-state index is 13.7. The summed E-state index contributed by atoms with van der Waals surface area (Å²) in [5.41, 5.74) is 1.12. The predicted molar refractivity (Wildman–Crippen MR) is 90.4 cm³/mol. The van der Waals surface area contributed by atoms with E-state index in [0.29, 0.717) is 24.1 Å². The van der Waals surface area contributed by atoms with Gasteiger partial charge in [0.1, 0.15) is 11.6 Å². The van der Waals surface area contributed by atoms with E-state index in [4.69, 9.17) is 4.74 Å². The molecule has 7 heteroatoms. The molecule has 3 aromatic rings. The predicted octanol–water partition coefficient (Wildman–Crippen LogP) is 3.90. The van der Waals surface area contributed by atoms with Gasteiger partial charge in [-0.05, 0) is 43.3 Å². The molecule has 0 spiro atoms. The van der Waals surface area contributed by atoms with Crippen molar-refractivity contribution < 1.29 is 9.13 Å². The number of ether oxygens (including phenoxy) is 1. The number of para-hydroxylation sites is 1. The lowest BCUT2D eigenvalue weighted by molar-refractivity contribution is 0.340. The Kier molecular flexibility index (Phi) is 4.81. The molecule has 0 aliphatic heterocycles. The molecule has 0 radical (unpaired) electrons. The summed E-state index contributed by atoms with van der Waals surface area (Å²) in [6.45, 7) is 2.54. The fraction of sp³-hybridized carbons (Fsp3) is 0.118. The Morgan fingerprint density at radius 3 is 2.58 bits per heavy atom. The summed E-state index contributed by atoms with van der Waals surface area (Å²) in [5.74, 6) is 1.12. The summed E-state index contributed by atoms with van der Waals surface area (Å²) in [6, 6.07) is 13.8. The first-order chi connectivity index (χ1) is 11.7. The molecule has 0 amide bonds. The van der Waals surface area contributed by atoms with E-state index in [9.17, 15) is 4.39 Å². The summed E-state index contributed by atoms with van der Waals surface area (Å²) < 4.78 is 19.1. The van der Waals surface area contributed by atoms with E-state index in [0.717, 1.165) is 11.4 Å². The van der Waals surface area contributed by atoms with Crippen LogP contribution in [0.4, 0.5) is 27.5 Å². The van der Waals surface area contributed by atoms with Crippen LogP contribution in [0.1, 0.15) is 6.92 Å². The number of nitrogens with zero attached hydrogens (tertiary/aromatic N) is 3. The zero-order valence-corrected chi connectivity index (χ0v) is 13.0. The SMILES string of the molecule is CCOc1ccc(Nc2nncc(Nc3ccccc3F)n2)cc1. The van der Waals surface area contributed by atoms with Gasteiger partial charge in [-0.1, -0.05) is 12.1 Å². The van der Waals surface area contributed by atoms with Gasteiger partial charge in [-0.3, -0.25) is 0 Å². The molecule has 3 rings (SSSR count). The molecule has 2 aromatic carbocycles. The van der Waals surface area contributed by atoms with Gasteiger partial charge in [-0.2, -0.15) is 10.1 Å². The second-order valence-corrected chi connectivity index (χ2v) is 4.85. The van der Waals surface area contributed by atoms with Crippen molar-refractivity contribution in [1.29, 1.82) is 0 Å². The highest BCUT2D eigenvalue weighted by Crippen LogP contribution is 2.20. The third kappa shape index (κ3) is 3.95. The van der Waals surface area contributed by atoms with Crippen molar-refractivity contribution in [2.45, 2.75) is 6.92 Å². The largest absolute Gasteiger partial charge is 0.494 e. The van der Waals surface area contributed by atoms with E-state index in [1.807, 2.05) is 31.2 Å². The maximum Gasteiger partial charge on any atom is 0.249 e. The van der Waals surface area contributed by atoms with Gasteiger partial charge in [0.25, 0.3) is 0 Å². The Hall–Kier alpha value is -3.22. The van der Waals surface area contributed by atoms with Gasteiger partial charge in [0.15, 0.2) is 5.82 Å². The summed E-state index contributed by atoms with van der Waals surface area (Å²) in [5, 5.41) is 13.7. The third-order valence-electron chi connectivity index (χ3n) is 3.12. The minimum Gasteiger partial charge on any atom is -0.494 e. The zero-order valence-electron chi connectivity index (χ0n) is 13.0. The van der Waals surface area contributed by atoms with Crippen molar-refractivity contribution >= 4 is 23.1 Å². The average Bonchev–Trinajstić information content (AvgIpc) is 2.59. The first-order valence-corrected chi connectivity index (χ1v) is 7.46. The fourth-order valence-electron chi connectivity index (χ4n) is 2.05. The zero-order chi connectivity index (χ0) is 16.8. The van der Waals surface area contributed by atoms with Crippen molar-refractivity contribution in [3.05, 3.63) is 60.5 Å². The number of aromatic nitrogens is 3. The Morgan fingerprint density at radius 2 is 1.83 bits per heavy atom. The van der Waals surface area contributed by atoms with Gasteiger partial charge in [-0.25, -0.2) is 4.39 Å². The van der Waals surface area contributed by atoms with E-state index in [1.54, 1.807) is 18.2 Å². The van der Waals surface area contributed by atoms with Crippen LogP contribution >= 0.6 is 0 Å². The molecular formula is C17H16FN5O. The van der Waals surface area contributed by atoms with Crippen LogP contribution in [0.5, 0.6) is 5.75 Å². The summed E-state index contributed by atoms with van der Waals surface area (Å²) in [6.07, 6.45) is 1.43. The van der Waals surface area contributed by atoms with Crippen molar-refractivity contribution in [3.8, 4) is 5.75 Å². The number of rotatable bonds is 6. The monoisotopic (exact) mass is 325 g/mol. The van der Waals surface area contributed by atoms with Crippen molar-refractivity contribution in [2.24, 2.45) is 0 Å². The van der Waals surface area contributed by atoms with Crippen LogP contribution in [0.25, 0.3) is 0 Å². The summed E-state index contributed by atoms with van der Waals surface area (Å²) >= 11 is 0. The first kappa shape index (κ1) is 15.7. The number of anilines is 4. The lowest BCUT2D eigenvalue weighted by Crippen LogP contribution is -2.03. The standard InChI is InChI=1S/C17H16FN5O/c1-2-24-13-9-7-12(8-10-13)20-17-22-16(11-19-23-17)21-15-6-4-3-5-14(15)18/h3-11H,2H2,1H3,(H2,20,21,22,23). The van der Waals surface area contributed by atoms with Gasteiger partial charge in [0, 0.05) is 5.69 Å². The molecule has 0 aliphatic rings. The normalized spacial score (nSPS) is 10.2. The van der Waals surface area contributed by atoms with Gasteiger partial charge in [0.2, 0.25) is 5.95 Å². The minimum atomic E-state index is -0.364. The topological polar surface area (TPSA) is 72.0 Å². The molecule has 1 heterocycles. The highest BCUT2D eigenvalue weighted by molar-refractivity contribution is 5.59. The molecule has 0 saturated carbocycles. The molecule has 2 N–H and O–H groups in total. The summed E-state index contributed by atoms with van der Waals surface area (Å²) in [7, 11) is 0. The minimum absolute atomic E-state index is 0.306. The van der Waals surface area contributed by atoms with Gasteiger partial charge in [-0.15, -0.1) is 5.10 Å². The number of nitrogens with one attached hydrogen (secondary N) is 2. The molecule has 122 valence electrons. The molecule has 6 nitrogen and oxygen atoms in total. The van der Waals surface area contributed by atoms with Crippen molar-refractivity contribution in [1.82, 2.24) is 15.2 Å². The van der Waals surface area contributed by atoms with Gasteiger partial charge < -0.3 is 15.4 Å². The highest BCUT2D eigenvalue weighted by atomic mass is 19.1. The Balaban J connectivity index is 1.72. The van der Waals surface area contributed by atoms with E-state index in [1.165, 1.54) is 12.3 Å². The quantitative estimate of drug-likeness (QED) is 0.716. The number of hydrogen-bond donors (Lipinski definition) is 2. The average molecular weight is 325 g/mol. The van der Waals surface area contributed by atoms with Crippen LogP contribution < -0.4 is 15.4 Å². The lowest BCUT2D eigenvalue weighted by atomic mass is 10.3. The molecule has 24 heavy (non-hydrogen) atoms. The Labute approximate surface area is 138 Å². The van der Waals surface area contributed by atoms with Gasteiger partial charge in [0.05, 0.1) is 18.5 Å². The molecule has 0 atom stereocenters. The second kappa shape index (κ2) is 7.36. The van der Waals surface area contributed by atoms with Crippen LogP contribution in [0.15, 0.2) is 54.7 Å². The van der Waals surface area contributed by atoms with Crippen LogP contribution in [0.2, 0.25) is 0 Å². The number of benzene rings is 2. The van der Waals surface area contributed by atoms with E-state index >= 15 is 0 Å². The molecule has 0 aliphatic carbocycles. The van der Waals surface area contributed by atoms with E-state index in [2.05, 4.69) is 25.8 Å². The van der Waals surface area contributed by atoms with Crippen LogP contribution in [-0.2, 0) is 0 Å². The number of hydrogen-bond acceptors (Lipinski definition) is 6. The molecule has 0 saturated heterocycles. The molecule has 0 fully saturated rings. The van der Waals surface area contributed by atoms with E-state index < -0.39 is 0 Å². The molecule has 1 aromatic heterocycles. The van der Waals surface area contributed by atoms with Crippen LogP contribution in [0.3, 0.4) is 0 Å². The van der Waals surface area contributed by atoms with Gasteiger partial charge >= 0.3 is 0 Å². The third-order valence-corrected chi connectivity index (χ3v) is 3.12. The molecule has 0 bridgehead atoms. The molecular weight excluding hydrogens is 309 g/mol. The van der Waals surface area contributed by atoms with Crippen molar-refractivity contribution in [3.63, 3.8) is 0 Å². The smallest absolute Gasteiger partial charge is 0.249 e. The van der Waals surface area contributed by atoms with E-state index in [-0.39, 0.29) is 5.82 Å². The maximum absolute atomic E-state index is 13.7. The second-order valence-electron chi connectivity index (χ2n) is 4.85. The van der Waals surface area contributed by atoms with Crippen LogP contribution in [0, 0.1) is 5.82 Å². The van der Waals surface area contributed by atoms with Crippen molar-refractivity contribution in [2.75, 3.05) is 17.2 Å². The Bertz CT molecular complexity index is 810. The van der Waals surface area contributed by atoms with Crippen LogP contribution in [-0.4, -0.2) is 21.8 Å². The fourth-order valence-corrected chi connectivity index (χ4v) is 2.05. The number of halogens is 1. The highest BCUT2D eigenvalue weighted by Gasteiger charge is 2.05. The first-order valence-electron chi connectivity index (χ1n) is 7.46. The summed E-state index contributed by atoms with van der Waals surface area (Å²) in [4.78, 5) is 4.27.